The number of carbonyl (C=O) groups is 2. The molecule has 0 aliphatic heterocycles. The van der Waals surface area contributed by atoms with Crippen molar-refractivity contribution in [3.63, 3.8) is 0 Å². The van der Waals surface area contributed by atoms with Gasteiger partial charge in [0.25, 0.3) is 5.91 Å². The molecule has 2 amide bonds. The van der Waals surface area contributed by atoms with Crippen LogP contribution in [0.15, 0.2) is 42.5 Å². The van der Waals surface area contributed by atoms with Crippen LogP contribution in [0.5, 0.6) is 5.75 Å². The molecule has 2 aromatic carbocycles. The predicted molar refractivity (Wildman–Crippen MR) is 116 cm³/mol. The molecule has 0 radical (unpaired) electrons. The molecule has 2 aromatic rings. The lowest BCUT2D eigenvalue weighted by Gasteiger charge is -2.31. The number of nitrogens with zero attached hydrogens (tertiary/aromatic N) is 1. The van der Waals surface area contributed by atoms with Gasteiger partial charge in [-0.05, 0) is 56.7 Å². The number of hydrogen-bond acceptors (Lipinski definition) is 3. The summed E-state index contributed by atoms with van der Waals surface area (Å²) in [5.41, 5.74) is 0.548. The van der Waals surface area contributed by atoms with Gasteiger partial charge in [-0.15, -0.1) is 0 Å². The van der Waals surface area contributed by atoms with Crippen molar-refractivity contribution in [1.82, 2.24) is 10.2 Å². The molecule has 0 unspecified atom stereocenters. The van der Waals surface area contributed by atoms with E-state index in [2.05, 4.69) is 5.32 Å². The number of ether oxygens (including phenoxy) is 1. The van der Waals surface area contributed by atoms with Crippen molar-refractivity contribution in [3.8, 4) is 5.75 Å². The van der Waals surface area contributed by atoms with Crippen LogP contribution in [-0.2, 0) is 16.1 Å². The Labute approximate surface area is 186 Å². The fourth-order valence-electron chi connectivity index (χ4n) is 2.91. The lowest BCUT2D eigenvalue weighted by Crippen LogP contribution is -2.51. The number of rotatable bonds is 9. The molecule has 0 aliphatic rings. The Morgan fingerprint density at radius 2 is 1.70 bits per heavy atom. The minimum atomic E-state index is -0.732. The summed E-state index contributed by atoms with van der Waals surface area (Å²) in [5, 5.41) is 3.65. The maximum atomic E-state index is 13.1. The van der Waals surface area contributed by atoms with Crippen molar-refractivity contribution in [1.29, 1.82) is 0 Å². The van der Waals surface area contributed by atoms with Crippen LogP contribution in [0.2, 0.25) is 10.0 Å². The molecule has 0 spiro atoms. The number of amides is 2. The highest BCUT2D eigenvalue weighted by molar-refractivity contribution is 6.36. The van der Waals surface area contributed by atoms with Crippen molar-refractivity contribution in [2.75, 3.05) is 6.61 Å². The Morgan fingerprint density at radius 1 is 1.10 bits per heavy atom. The molecule has 0 aromatic heterocycles. The Kier molecular flexibility index (Phi) is 8.93. The van der Waals surface area contributed by atoms with Gasteiger partial charge in [-0.2, -0.15) is 0 Å². The Bertz CT molecular complexity index is 855. The Morgan fingerprint density at radius 3 is 2.23 bits per heavy atom. The van der Waals surface area contributed by atoms with E-state index in [0.717, 1.165) is 0 Å². The first-order valence-corrected chi connectivity index (χ1v) is 10.4. The van der Waals surface area contributed by atoms with Gasteiger partial charge < -0.3 is 15.0 Å². The zero-order valence-corrected chi connectivity index (χ0v) is 18.6. The quantitative estimate of drug-likeness (QED) is 0.589. The van der Waals surface area contributed by atoms with E-state index < -0.39 is 17.8 Å². The van der Waals surface area contributed by atoms with Crippen molar-refractivity contribution in [2.45, 2.75) is 45.8 Å². The van der Waals surface area contributed by atoms with E-state index in [9.17, 15) is 14.0 Å². The van der Waals surface area contributed by atoms with E-state index in [1.54, 1.807) is 18.2 Å². The van der Waals surface area contributed by atoms with Crippen LogP contribution in [0, 0.1) is 5.82 Å². The van der Waals surface area contributed by atoms with Crippen LogP contribution in [0.1, 0.15) is 32.8 Å². The molecule has 30 heavy (non-hydrogen) atoms. The van der Waals surface area contributed by atoms with Gasteiger partial charge in [0.05, 0.1) is 0 Å². The van der Waals surface area contributed by atoms with E-state index in [4.69, 9.17) is 27.9 Å². The SMILES string of the molecule is CC[C@H](C(=O)NC(C)C)N(Cc1c(Cl)cccc1Cl)C(=O)COc1ccc(F)cc1. The molecule has 0 heterocycles. The maximum Gasteiger partial charge on any atom is 0.261 e. The van der Waals surface area contributed by atoms with E-state index >= 15 is 0 Å². The van der Waals surface area contributed by atoms with Crippen LogP contribution in [0.4, 0.5) is 4.39 Å². The second kappa shape index (κ2) is 11.2. The number of nitrogens with one attached hydrogen (secondary N) is 1. The number of benzene rings is 2. The predicted octanol–water partition coefficient (Wildman–Crippen LogP) is 4.84. The molecule has 0 bridgehead atoms. The normalized spacial score (nSPS) is 11.8. The van der Waals surface area contributed by atoms with Crippen LogP contribution in [-0.4, -0.2) is 35.4 Å². The molecule has 5 nitrogen and oxygen atoms in total. The van der Waals surface area contributed by atoms with Gasteiger partial charge in [0.2, 0.25) is 5.91 Å². The van der Waals surface area contributed by atoms with Crippen LogP contribution < -0.4 is 10.1 Å². The highest BCUT2D eigenvalue weighted by atomic mass is 35.5. The molecular formula is C22H25Cl2FN2O3. The van der Waals surface area contributed by atoms with Gasteiger partial charge in [-0.25, -0.2) is 4.39 Å². The highest BCUT2D eigenvalue weighted by Crippen LogP contribution is 2.27. The third-order valence-electron chi connectivity index (χ3n) is 4.38. The summed E-state index contributed by atoms with van der Waals surface area (Å²) in [6, 6.07) is 9.59. The fourth-order valence-corrected chi connectivity index (χ4v) is 3.43. The summed E-state index contributed by atoms with van der Waals surface area (Å²) in [6.45, 7) is 5.24. The molecule has 0 saturated heterocycles. The lowest BCUT2D eigenvalue weighted by atomic mass is 10.1. The average Bonchev–Trinajstić information content (AvgIpc) is 2.68. The summed E-state index contributed by atoms with van der Waals surface area (Å²) >= 11 is 12.6. The van der Waals surface area contributed by atoms with Gasteiger partial charge in [0.1, 0.15) is 17.6 Å². The summed E-state index contributed by atoms with van der Waals surface area (Å²) in [5.74, 6) is -0.743. The maximum absolute atomic E-state index is 13.1. The van der Waals surface area contributed by atoms with Crippen molar-refractivity contribution >= 4 is 35.0 Å². The number of hydrogen-bond donors (Lipinski definition) is 1. The first-order chi connectivity index (χ1) is 14.2. The first kappa shape index (κ1) is 24.0. The van der Waals surface area contributed by atoms with Crippen molar-refractivity contribution in [3.05, 3.63) is 63.9 Å². The molecule has 1 N–H and O–H groups in total. The molecule has 1 atom stereocenters. The summed E-state index contributed by atoms with van der Waals surface area (Å²) in [4.78, 5) is 27.2. The zero-order chi connectivity index (χ0) is 22.3. The largest absolute Gasteiger partial charge is 0.484 e. The highest BCUT2D eigenvalue weighted by Gasteiger charge is 2.30. The van der Waals surface area contributed by atoms with E-state index in [0.29, 0.717) is 27.8 Å². The summed E-state index contributed by atoms with van der Waals surface area (Å²) < 4.78 is 18.6. The Balaban J connectivity index is 2.27. The number of carbonyl (C=O) groups excluding carboxylic acids is 2. The second-order valence-electron chi connectivity index (χ2n) is 7.05. The van der Waals surface area contributed by atoms with Crippen LogP contribution in [0.3, 0.4) is 0 Å². The summed E-state index contributed by atoms with van der Waals surface area (Å²) in [6.07, 6.45) is 0.392. The first-order valence-electron chi connectivity index (χ1n) is 9.64. The van der Waals surface area contributed by atoms with Gasteiger partial charge in [0, 0.05) is 28.2 Å². The van der Waals surface area contributed by atoms with Crippen LogP contribution >= 0.6 is 23.2 Å². The van der Waals surface area contributed by atoms with Gasteiger partial charge in [0.15, 0.2) is 6.61 Å². The standard InChI is InChI=1S/C22H25Cl2FN2O3/c1-4-20(22(29)26-14(2)3)27(12-17-18(23)6-5-7-19(17)24)21(28)13-30-16-10-8-15(25)9-11-16/h5-11,14,20H,4,12-13H2,1-3H3,(H,26,29)/t20-/m1/s1. The summed E-state index contributed by atoms with van der Waals surface area (Å²) in [7, 11) is 0. The van der Waals surface area contributed by atoms with Crippen molar-refractivity contribution < 1.29 is 18.7 Å². The topological polar surface area (TPSA) is 58.6 Å². The van der Waals surface area contributed by atoms with Crippen LogP contribution in [0.25, 0.3) is 0 Å². The molecule has 0 aliphatic carbocycles. The van der Waals surface area contributed by atoms with Gasteiger partial charge >= 0.3 is 0 Å². The minimum absolute atomic E-state index is 0.0497. The molecule has 8 heteroatoms. The minimum Gasteiger partial charge on any atom is -0.484 e. The fraction of sp³-hybridized carbons (Fsp3) is 0.364. The average molecular weight is 455 g/mol. The molecule has 2 rings (SSSR count). The van der Waals surface area contributed by atoms with Crippen molar-refractivity contribution in [2.24, 2.45) is 0 Å². The Hall–Kier alpha value is -2.31. The second-order valence-corrected chi connectivity index (χ2v) is 7.87. The van der Waals surface area contributed by atoms with Gasteiger partial charge in [-0.3, -0.25) is 9.59 Å². The number of halogens is 3. The monoisotopic (exact) mass is 454 g/mol. The van der Waals surface area contributed by atoms with E-state index in [1.165, 1.54) is 29.2 Å². The lowest BCUT2D eigenvalue weighted by molar-refractivity contribution is -0.143. The zero-order valence-electron chi connectivity index (χ0n) is 17.1. The molecular weight excluding hydrogens is 430 g/mol. The third kappa shape index (κ3) is 6.61. The molecule has 162 valence electrons. The van der Waals surface area contributed by atoms with Gasteiger partial charge in [-0.1, -0.05) is 36.2 Å². The van der Waals surface area contributed by atoms with E-state index in [-0.39, 0.29) is 25.1 Å². The van der Waals surface area contributed by atoms with E-state index in [1.807, 2.05) is 20.8 Å². The molecule has 0 fully saturated rings. The third-order valence-corrected chi connectivity index (χ3v) is 5.09. The molecule has 0 saturated carbocycles. The smallest absolute Gasteiger partial charge is 0.261 e.